The summed E-state index contributed by atoms with van der Waals surface area (Å²) >= 11 is 0. The molecule has 1 amide bonds. The molecule has 0 bridgehead atoms. The first kappa shape index (κ1) is 10.6. The topological polar surface area (TPSA) is 32.3 Å². The van der Waals surface area contributed by atoms with Crippen LogP contribution in [0.1, 0.15) is 0 Å². The molecule has 0 aliphatic carbocycles. The molecule has 0 rings (SSSR count). The molecule has 1 N–H and O–H groups in total. The molecule has 64 valence electrons. The van der Waals surface area contributed by atoms with Crippen LogP contribution in [0.4, 0.5) is 0 Å². The van der Waals surface area contributed by atoms with Gasteiger partial charge in [0.25, 0.3) is 5.91 Å². The van der Waals surface area contributed by atoms with Gasteiger partial charge in [0.1, 0.15) is 0 Å². The van der Waals surface area contributed by atoms with Gasteiger partial charge in [0.05, 0.1) is 13.1 Å². The van der Waals surface area contributed by atoms with Gasteiger partial charge in [-0.15, -0.1) is 6.42 Å². The number of carbonyl (C=O) groups excluding carboxylic acids is 1. The number of nitrogens with one attached hydrogen (secondary N) is 1. The Hall–Kier alpha value is -1.45. The molecule has 0 saturated carbocycles. The zero-order chi connectivity index (χ0) is 9.40. The van der Waals surface area contributed by atoms with E-state index >= 15 is 0 Å². The summed E-state index contributed by atoms with van der Waals surface area (Å²) in [6.07, 6.45) is 4.93. The predicted molar refractivity (Wildman–Crippen MR) is 48.2 cm³/mol. The molecule has 0 unspecified atom stereocenters. The van der Waals surface area contributed by atoms with E-state index in [1.54, 1.807) is 0 Å². The maximum atomic E-state index is 10.8. The molecule has 0 aromatic heterocycles. The number of hydrogen-bond donors (Lipinski definition) is 1. The van der Waals surface area contributed by atoms with Crippen molar-refractivity contribution in [1.82, 2.24) is 10.2 Å². The van der Waals surface area contributed by atoms with Crippen molar-refractivity contribution in [1.29, 1.82) is 0 Å². The molecule has 0 spiro atoms. The lowest BCUT2D eigenvalue weighted by Gasteiger charge is -2.00. The first-order chi connectivity index (χ1) is 5.66. The van der Waals surface area contributed by atoms with E-state index in [1.807, 2.05) is 19.0 Å². The van der Waals surface area contributed by atoms with E-state index < -0.39 is 0 Å². The van der Waals surface area contributed by atoms with Gasteiger partial charge < -0.3 is 5.32 Å². The second kappa shape index (κ2) is 6.27. The van der Waals surface area contributed by atoms with E-state index in [0.717, 1.165) is 0 Å². The largest absolute Gasteiger partial charge is 0.334 e. The van der Waals surface area contributed by atoms with E-state index in [9.17, 15) is 4.79 Å². The van der Waals surface area contributed by atoms with Crippen LogP contribution in [0.5, 0.6) is 0 Å². The van der Waals surface area contributed by atoms with Crippen molar-refractivity contribution in [3.8, 4) is 24.2 Å². The van der Waals surface area contributed by atoms with Crippen molar-refractivity contribution >= 4 is 5.91 Å². The quantitative estimate of drug-likeness (QED) is 0.547. The summed E-state index contributed by atoms with van der Waals surface area (Å²) in [6, 6.07) is 0. The zero-order valence-corrected chi connectivity index (χ0v) is 7.35. The Balaban J connectivity index is 3.66. The van der Waals surface area contributed by atoms with Crippen LogP contribution in [0.2, 0.25) is 0 Å². The van der Waals surface area contributed by atoms with Crippen LogP contribution in [-0.4, -0.2) is 38.0 Å². The number of terminal acetylenes is 1. The molecule has 0 saturated heterocycles. The number of carbonyl (C=O) groups is 1. The molecule has 0 fully saturated rings. The van der Waals surface area contributed by atoms with Gasteiger partial charge in [-0.25, -0.2) is 0 Å². The third kappa shape index (κ3) is 6.67. The lowest BCUT2D eigenvalue weighted by Crippen LogP contribution is -2.21. The van der Waals surface area contributed by atoms with Crippen molar-refractivity contribution in [2.45, 2.75) is 0 Å². The summed E-state index contributed by atoms with van der Waals surface area (Å²) in [4.78, 5) is 12.7. The molecule has 0 aliphatic rings. The van der Waals surface area contributed by atoms with E-state index in [0.29, 0.717) is 6.54 Å². The smallest absolute Gasteiger partial charge is 0.296 e. The van der Waals surface area contributed by atoms with Crippen LogP contribution >= 0.6 is 0 Å². The lowest BCUT2D eigenvalue weighted by molar-refractivity contribution is -0.115. The fraction of sp³-hybridized carbons (Fsp3) is 0.444. The maximum Gasteiger partial charge on any atom is 0.296 e. The summed E-state index contributed by atoms with van der Waals surface area (Å²) in [5.74, 6) is 7.06. The normalized spacial score (nSPS) is 8.17. The fourth-order valence-corrected chi connectivity index (χ4v) is 0.453. The Labute approximate surface area is 73.1 Å². The number of amides is 1. The first-order valence-electron chi connectivity index (χ1n) is 3.51. The highest BCUT2D eigenvalue weighted by atomic mass is 16.1. The predicted octanol–water partition coefficient (Wildman–Crippen LogP) is -0.699. The summed E-state index contributed by atoms with van der Waals surface area (Å²) in [5, 5.41) is 2.44. The third-order valence-corrected chi connectivity index (χ3v) is 0.948. The second-order valence-electron chi connectivity index (χ2n) is 2.43. The number of rotatable bonds is 2. The average molecular weight is 164 g/mol. The molecule has 3 heteroatoms. The van der Waals surface area contributed by atoms with Crippen molar-refractivity contribution in [3.05, 3.63) is 0 Å². The van der Waals surface area contributed by atoms with Gasteiger partial charge in [-0.05, 0) is 20.0 Å². The number of hydrogen-bond acceptors (Lipinski definition) is 2. The number of nitrogens with zero attached hydrogens (tertiary/aromatic N) is 1. The van der Waals surface area contributed by atoms with Crippen LogP contribution in [0, 0.1) is 24.2 Å². The molecular formula is C9H12N2O. The molecule has 0 aromatic carbocycles. The highest BCUT2D eigenvalue weighted by Gasteiger charge is 1.89. The van der Waals surface area contributed by atoms with E-state index in [1.165, 1.54) is 0 Å². The monoisotopic (exact) mass is 164 g/mol. The van der Waals surface area contributed by atoms with Crippen molar-refractivity contribution in [2.24, 2.45) is 0 Å². The first-order valence-corrected chi connectivity index (χ1v) is 3.51. The summed E-state index contributed by atoms with van der Waals surface area (Å²) in [5.41, 5.74) is 0. The fourth-order valence-electron chi connectivity index (χ4n) is 0.453. The van der Waals surface area contributed by atoms with Crippen LogP contribution in [0.3, 0.4) is 0 Å². The molecule has 3 nitrogen and oxygen atoms in total. The van der Waals surface area contributed by atoms with Crippen LogP contribution < -0.4 is 5.32 Å². The molecular weight excluding hydrogens is 152 g/mol. The van der Waals surface area contributed by atoms with Gasteiger partial charge in [-0.2, -0.15) is 0 Å². The molecule has 0 heterocycles. The lowest BCUT2D eigenvalue weighted by atomic mass is 10.5. The molecule has 0 atom stereocenters. The van der Waals surface area contributed by atoms with Gasteiger partial charge in [-0.1, -0.05) is 11.8 Å². The van der Waals surface area contributed by atoms with E-state index in [-0.39, 0.29) is 12.5 Å². The van der Waals surface area contributed by atoms with E-state index in [2.05, 4.69) is 23.1 Å². The summed E-state index contributed by atoms with van der Waals surface area (Å²) in [7, 11) is 3.77. The molecule has 0 aromatic rings. The van der Waals surface area contributed by atoms with Crippen molar-refractivity contribution < 1.29 is 4.79 Å². The van der Waals surface area contributed by atoms with Crippen LogP contribution in [0.15, 0.2) is 0 Å². The van der Waals surface area contributed by atoms with Gasteiger partial charge in [-0.3, -0.25) is 9.69 Å². The van der Waals surface area contributed by atoms with Gasteiger partial charge in [0, 0.05) is 0 Å². The summed E-state index contributed by atoms with van der Waals surface area (Å²) < 4.78 is 0. The minimum absolute atomic E-state index is 0.232. The van der Waals surface area contributed by atoms with Crippen LogP contribution in [0.25, 0.3) is 0 Å². The summed E-state index contributed by atoms with van der Waals surface area (Å²) in [6.45, 7) is 0.805. The third-order valence-electron chi connectivity index (χ3n) is 0.948. The van der Waals surface area contributed by atoms with Gasteiger partial charge >= 0.3 is 0 Å². The van der Waals surface area contributed by atoms with E-state index in [4.69, 9.17) is 6.42 Å². The average Bonchev–Trinajstić information content (AvgIpc) is 2.00. The maximum absolute atomic E-state index is 10.8. The van der Waals surface area contributed by atoms with Crippen molar-refractivity contribution in [2.75, 3.05) is 27.2 Å². The Kier molecular flexibility index (Phi) is 5.51. The van der Waals surface area contributed by atoms with Crippen molar-refractivity contribution in [3.63, 3.8) is 0 Å². The zero-order valence-electron chi connectivity index (χ0n) is 7.35. The Morgan fingerprint density at radius 3 is 2.75 bits per heavy atom. The Morgan fingerprint density at radius 2 is 2.25 bits per heavy atom. The highest BCUT2D eigenvalue weighted by Crippen LogP contribution is 1.69. The highest BCUT2D eigenvalue weighted by molar-refractivity contribution is 5.93. The molecule has 12 heavy (non-hydrogen) atoms. The second-order valence-corrected chi connectivity index (χ2v) is 2.43. The minimum Gasteiger partial charge on any atom is -0.334 e. The molecule has 0 aliphatic heterocycles. The standard InChI is InChI=1S/C9H12N2O/c1-4-7-10-9(12)6-5-8-11(2)3/h1H,7-8H2,2-3H3,(H,10,12). The van der Waals surface area contributed by atoms with Crippen LogP contribution in [-0.2, 0) is 4.79 Å². The SMILES string of the molecule is C#CCNC(=O)C#CCN(C)C. The Bertz CT molecular complexity index is 239. The minimum atomic E-state index is -0.324. The Morgan fingerprint density at radius 1 is 1.58 bits per heavy atom. The molecule has 0 radical (unpaired) electrons. The van der Waals surface area contributed by atoms with Gasteiger partial charge in [0.2, 0.25) is 0 Å². The van der Waals surface area contributed by atoms with Gasteiger partial charge in [0.15, 0.2) is 0 Å².